The zero-order valence-corrected chi connectivity index (χ0v) is 11.7. The summed E-state index contributed by atoms with van der Waals surface area (Å²) < 4.78 is 0. The Hall–Kier alpha value is -1.26. The van der Waals surface area contributed by atoms with Crippen LogP contribution in [0.4, 0.5) is 4.79 Å². The maximum Gasteiger partial charge on any atom is 0.317 e. The van der Waals surface area contributed by atoms with Crippen molar-refractivity contribution in [3.05, 3.63) is 0 Å². The van der Waals surface area contributed by atoms with E-state index in [2.05, 4.69) is 19.2 Å². The number of carbonyl (C=O) groups is 2. The Balaban J connectivity index is 4.08. The number of hydrogen-bond acceptors (Lipinski definition) is 2. The highest BCUT2D eigenvalue weighted by Crippen LogP contribution is 2.06. The van der Waals surface area contributed by atoms with Gasteiger partial charge in [0.2, 0.25) is 0 Å². The molecule has 0 saturated carbocycles. The normalized spacial score (nSPS) is 11.9. The number of nitrogens with one attached hydrogen (secondary N) is 1. The number of hydrogen-bond donors (Lipinski definition) is 2. The summed E-state index contributed by atoms with van der Waals surface area (Å²) in [7, 11) is 0. The van der Waals surface area contributed by atoms with Gasteiger partial charge >= 0.3 is 12.0 Å². The first-order valence-corrected chi connectivity index (χ1v) is 6.79. The van der Waals surface area contributed by atoms with Crippen LogP contribution in [0.2, 0.25) is 0 Å². The number of unbranched alkanes of at least 4 members (excludes halogenated alkanes) is 1. The second kappa shape index (κ2) is 9.74. The lowest BCUT2D eigenvalue weighted by Gasteiger charge is -2.28. The summed E-state index contributed by atoms with van der Waals surface area (Å²) in [5.41, 5.74) is 0. The quantitative estimate of drug-likeness (QED) is 0.624. The topological polar surface area (TPSA) is 69.6 Å². The molecule has 2 amide bonds. The van der Waals surface area contributed by atoms with Crippen molar-refractivity contribution in [2.24, 2.45) is 0 Å². The SMILES string of the molecule is CCCCN(C(=O)NCCCC(=O)O)C(C)CC. The molecule has 0 aromatic carbocycles. The van der Waals surface area contributed by atoms with Gasteiger partial charge in [-0.3, -0.25) is 4.79 Å². The van der Waals surface area contributed by atoms with Crippen LogP contribution < -0.4 is 5.32 Å². The largest absolute Gasteiger partial charge is 0.481 e. The summed E-state index contributed by atoms with van der Waals surface area (Å²) in [5, 5.41) is 11.3. The van der Waals surface area contributed by atoms with E-state index < -0.39 is 5.97 Å². The Morgan fingerprint density at radius 3 is 2.44 bits per heavy atom. The van der Waals surface area contributed by atoms with Crippen molar-refractivity contribution in [3.8, 4) is 0 Å². The Bertz CT molecular complexity index is 257. The van der Waals surface area contributed by atoms with Gasteiger partial charge in [0.15, 0.2) is 0 Å². The number of nitrogens with zero attached hydrogens (tertiary/aromatic N) is 1. The Labute approximate surface area is 110 Å². The third kappa shape index (κ3) is 7.14. The van der Waals surface area contributed by atoms with E-state index in [4.69, 9.17) is 5.11 Å². The van der Waals surface area contributed by atoms with E-state index in [0.717, 1.165) is 25.8 Å². The second-order valence-electron chi connectivity index (χ2n) is 4.53. The molecule has 0 radical (unpaired) electrons. The Morgan fingerprint density at radius 1 is 1.28 bits per heavy atom. The van der Waals surface area contributed by atoms with E-state index in [1.165, 1.54) is 0 Å². The number of amides is 2. The average Bonchev–Trinajstić information content (AvgIpc) is 2.34. The maximum atomic E-state index is 12.0. The van der Waals surface area contributed by atoms with Crippen LogP contribution in [0, 0.1) is 0 Å². The van der Waals surface area contributed by atoms with Crippen LogP contribution in [0.1, 0.15) is 52.9 Å². The monoisotopic (exact) mass is 258 g/mol. The molecule has 18 heavy (non-hydrogen) atoms. The average molecular weight is 258 g/mol. The van der Waals surface area contributed by atoms with Crippen LogP contribution in [-0.2, 0) is 4.79 Å². The van der Waals surface area contributed by atoms with Crippen molar-refractivity contribution in [3.63, 3.8) is 0 Å². The summed E-state index contributed by atoms with van der Waals surface area (Å²) >= 11 is 0. The fourth-order valence-electron chi connectivity index (χ4n) is 1.61. The van der Waals surface area contributed by atoms with Gasteiger partial charge in [-0.15, -0.1) is 0 Å². The van der Waals surface area contributed by atoms with Crippen molar-refractivity contribution >= 4 is 12.0 Å². The van der Waals surface area contributed by atoms with Gasteiger partial charge in [0, 0.05) is 25.6 Å². The first-order valence-electron chi connectivity index (χ1n) is 6.79. The van der Waals surface area contributed by atoms with Gasteiger partial charge in [-0.2, -0.15) is 0 Å². The smallest absolute Gasteiger partial charge is 0.317 e. The molecule has 0 fully saturated rings. The van der Waals surface area contributed by atoms with Crippen molar-refractivity contribution < 1.29 is 14.7 Å². The van der Waals surface area contributed by atoms with Crippen molar-refractivity contribution in [2.75, 3.05) is 13.1 Å². The van der Waals surface area contributed by atoms with Gasteiger partial charge in [0.05, 0.1) is 0 Å². The molecule has 1 atom stereocenters. The van der Waals surface area contributed by atoms with Crippen molar-refractivity contribution in [1.29, 1.82) is 0 Å². The minimum atomic E-state index is -0.825. The summed E-state index contributed by atoms with van der Waals surface area (Å²) in [6, 6.07) is 0.138. The molecule has 0 spiro atoms. The lowest BCUT2D eigenvalue weighted by molar-refractivity contribution is -0.137. The third-order valence-corrected chi connectivity index (χ3v) is 2.98. The van der Waals surface area contributed by atoms with Crippen LogP contribution in [0.25, 0.3) is 0 Å². The lowest BCUT2D eigenvalue weighted by atomic mass is 10.2. The molecule has 0 aliphatic heterocycles. The van der Waals surface area contributed by atoms with Gasteiger partial charge in [-0.25, -0.2) is 4.79 Å². The van der Waals surface area contributed by atoms with E-state index in [1.807, 2.05) is 11.8 Å². The number of aliphatic carboxylic acids is 1. The first kappa shape index (κ1) is 16.7. The molecule has 0 saturated heterocycles. The fourth-order valence-corrected chi connectivity index (χ4v) is 1.61. The fraction of sp³-hybridized carbons (Fsp3) is 0.846. The minimum Gasteiger partial charge on any atom is -0.481 e. The highest BCUT2D eigenvalue weighted by molar-refractivity contribution is 5.74. The summed E-state index contributed by atoms with van der Waals surface area (Å²) in [6.45, 7) is 7.37. The molecular weight excluding hydrogens is 232 g/mol. The number of urea groups is 1. The van der Waals surface area contributed by atoms with Gasteiger partial charge in [-0.05, 0) is 26.2 Å². The van der Waals surface area contributed by atoms with Crippen LogP contribution in [-0.4, -0.2) is 41.1 Å². The number of carbonyl (C=O) groups excluding carboxylic acids is 1. The van der Waals surface area contributed by atoms with Crippen LogP contribution in [0.15, 0.2) is 0 Å². The summed E-state index contributed by atoms with van der Waals surface area (Å²) in [5.74, 6) is -0.825. The van der Waals surface area contributed by atoms with E-state index in [0.29, 0.717) is 13.0 Å². The van der Waals surface area contributed by atoms with E-state index >= 15 is 0 Å². The van der Waals surface area contributed by atoms with E-state index in [1.54, 1.807) is 0 Å². The van der Waals surface area contributed by atoms with Crippen molar-refractivity contribution in [2.45, 2.75) is 58.9 Å². The molecule has 106 valence electrons. The predicted molar refractivity (Wildman–Crippen MR) is 71.6 cm³/mol. The second-order valence-corrected chi connectivity index (χ2v) is 4.53. The molecule has 0 aromatic rings. The standard InChI is InChI=1S/C13H26N2O3/c1-4-6-10-15(11(3)5-2)13(18)14-9-7-8-12(16)17/h11H,4-10H2,1-3H3,(H,14,18)(H,16,17). The Morgan fingerprint density at radius 2 is 1.94 bits per heavy atom. The molecule has 2 N–H and O–H groups in total. The van der Waals surface area contributed by atoms with Crippen LogP contribution >= 0.6 is 0 Å². The van der Waals surface area contributed by atoms with Crippen molar-refractivity contribution in [1.82, 2.24) is 10.2 Å². The van der Waals surface area contributed by atoms with Gasteiger partial charge in [-0.1, -0.05) is 20.3 Å². The van der Waals surface area contributed by atoms with Gasteiger partial charge in [0.1, 0.15) is 0 Å². The molecule has 1 unspecified atom stereocenters. The molecule has 5 nitrogen and oxygen atoms in total. The highest BCUT2D eigenvalue weighted by atomic mass is 16.4. The minimum absolute atomic E-state index is 0.0804. The Kier molecular flexibility index (Phi) is 9.06. The molecule has 5 heteroatoms. The molecule has 0 rings (SSSR count). The summed E-state index contributed by atoms with van der Waals surface area (Å²) in [4.78, 5) is 24.1. The molecular formula is C13H26N2O3. The predicted octanol–water partition coefficient (Wildman–Crippen LogP) is 2.46. The van der Waals surface area contributed by atoms with Crippen LogP contribution in [0.5, 0.6) is 0 Å². The van der Waals surface area contributed by atoms with E-state index in [9.17, 15) is 9.59 Å². The lowest BCUT2D eigenvalue weighted by Crippen LogP contribution is -2.45. The number of rotatable bonds is 9. The molecule has 0 heterocycles. The van der Waals surface area contributed by atoms with Gasteiger partial charge in [0.25, 0.3) is 0 Å². The van der Waals surface area contributed by atoms with Crippen LogP contribution in [0.3, 0.4) is 0 Å². The molecule has 0 aliphatic carbocycles. The molecule has 0 aliphatic rings. The maximum absolute atomic E-state index is 12.0. The number of carboxylic acid groups (broad SMARTS) is 1. The zero-order chi connectivity index (χ0) is 14.0. The zero-order valence-electron chi connectivity index (χ0n) is 11.7. The first-order chi connectivity index (χ1) is 8.52. The van der Waals surface area contributed by atoms with E-state index in [-0.39, 0.29) is 18.5 Å². The molecule has 0 bridgehead atoms. The summed E-state index contributed by atoms with van der Waals surface area (Å²) in [6.07, 6.45) is 3.54. The molecule has 0 aromatic heterocycles. The highest BCUT2D eigenvalue weighted by Gasteiger charge is 2.17. The number of carboxylic acids is 1. The van der Waals surface area contributed by atoms with Gasteiger partial charge < -0.3 is 15.3 Å². The third-order valence-electron chi connectivity index (χ3n) is 2.98.